The van der Waals surface area contributed by atoms with Crippen molar-refractivity contribution in [3.8, 4) is 0 Å². The van der Waals surface area contributed by atoms with Crippen molar-refractivity contribution in [3.63, 3.8) is 0 Å². The third-order valence-electron chi connectivity index (χ3n) is 11.9. The summed E-state index contributed by atoms with van der Waals surface area (Å²) in [5.41, 5.74) is 0. The van der Waals surface area contributed by atoms with Crippen molar-refractivity contribution in [2.75, 3.05) is 13.2 Å². The molecule has 0 saturated carbocycles. The molecule has 1 amide bonds. The summed E-state index contributed by atoms with van der Waals surface area (Å²) in [4.78, 5) is 12.8. The molecule has 0 bridgehead atoms. The number of carbonyl (C=O) groups excluding carboxylic acids is 1. The van der Waals surface area contributed by atoms with E-state index in [0.717, 1.165) is 44.9 Å². The van der Waals surface area contributed by atoms with Gasteiger partial charge in [-0.05, 0) is 44.9 Å². The Morgan fingerprint density at radius 2 is 0.950 bits per heavy atom. The Labute approximate surface area is 368 Å². The molecule has 60 heavy (non-hydrogen) atoms. The van der Waals surface area contributed by atoms with E-state index in [1.165, 1.54) is 161 Å². The van der Waals surface area contributed by atoms with Crippen molar-refractivity contribution in [2.24, 2.45) is 0 Å². The average molecular weight is 850 g/mol. The molecular formula is C51H95NO8. The minimum absolute atomic E-state index is 0.198. The van der Waals surface area contributed by atoms with E-state index in [1.807, 2.05) is 6.08 Å². The van der Waals surface area contributed by atoms with Crippen LogP contribution in [0.2, 0.25) is 0 Å². The Hall–Kier alpha value is -1.59. The summed E-state index contributed by atoms with van der Waals surface area (Å²) < 4.78 is 11.2. The molecule has 0 spiro atoms. The Morgan fingerprint density at radius 1 is 0.550 bits per heavy atom. The summed E-state index contributed by atoms with van der Waals surface area (Å²) in [7, 11) is 0. The van der Waals surface area contributed by atoms with E-state index < -0.39 is 49.5 Å². The quantitative estimate of drug-likeness (QED) is 0.0263. The van der Waals surface area contributed by atoms with Gasteiger partial charge in [-0.25, -0.2) is 0 Å². The summed E-state index contributed by atoms with van der Waals surface area (Å²) in [5, 5.41) is 54.0. The number of hydrogen-bond acceptors (Lipinski definition) is 8. The van der Waals surface area contributed by atoms with Crippen molar-refractivity contribution in [1.29, 1.82) is 0 Å². The molecule has 352 valence electrons. The minimum atomic E-state index is -1.57. The number of carbonyl (C=O) groups is 1. The lowest BCUT2D eigenvalue weighted by Crippen LogP contribution is -2.60. The Balaban J connectivity index is 2.17. The van der Waals surface area contributed by atoms with Gasteiger partial charge in [0.2, 0.25) is 5.91 Å². The summed E-state index contributed by atoms with van der Waals surface area (Å²) in [6.45, 7) is 3.70. The van der Waals surface area contributed by atoms with Crippen molar-refractivity contribution < 1.29 is 39.8 Å². The zero-order chi connectivity index (χ0) is 43.7. The molecule has 1 heterocycles. The molecule has 0 aromatic rings. The summed E-state index contributed by atoms with van der Waals surface area (Å²) in [6, 6.07) is -0.823. The first-order valence-electron chi connectivity index (χ1n) is 25.2. The second kappa shape index (κ2) is 41.4. The van der Waals surface area contributed by atoms with Gasteiger partial charge in [-0.1, -0.05) is 211 Å². The van der Waals surface area contributed by atoms with Gasteiger partial charge in [-0.2, -0.15) is 0 Å². The zero-order valence-electron chi connectivity index (χ0n) is 38.7. The number of nitrogens with one attached hydrogen (secondary N) is 1. The number of ether oxygens (including phenoxy) is 2. The lowest BCUT2D eigenvalue weighted by molar-refractivity contribution is -0.302. The van der Waals surface area contributed by atoms with Crippen molar-refractivity contribution in [2.45, 2.75) is 269 Å². The first-order valence-corrected chi connectivity index (χ1v) is 25.2. The summed E-state index contributed by atoms with van der Waals surface area (Å²) in [5.74, 6) is -0.198. The minimum Gasteiger partial charge on any atom is -0.394 e. The highest BCUT2D eigenvalue weighted by Gasteiger charge is 2.44. The zero-order valence-corrected chi connectivity index (χ0v) is 38.7. The van der Waals surface area contributed by atoms with E-state index in [-0.39, 0.29) is 12.5 Å². The largest absolute Gasteiger partial charge is 0.394 e. The van der Waals surface area contributed by atoms with E-state index in [4.69, 9.17) is 9.47 Å². The summed E-state index contributed by atoms with van der Waals surface area (Å²) >= 11 is 0. The fraction of sp³-hybridized carbons (Fsp3) is 0.863. The molecule has 0 aromatic carbocycles. The van der Waals surface area contributed by atoms with Crippen LogP contribution in [0.5, 0.6) is 0 Å². The highest BCUT2D eigenvalue weighted by Crippen LogP contribution is 2.23. The first-order chi connectivity index (χ1) is 29.3. The number of allylic oxidation sites excluding steroid dienone is 5. The molecule has 0 aromatic heterocycles. The van der Waals surface area contributed by atoms with Crippen molar-refractivity contribution in [3.05, 3.63) is 36.5 Å². The summed E-state index contributed by atoms with van der Waals surface area (Å²) in [6.07, 6.45) is 45.4. The lowest BCUT2D eigenvalue weighted by atomic mass is 9.99. The molecule has 7 atom stereocenters. The average Bonchev–Trinajstić information content (AvgIpc) is 3.25. The van der Waals surface area contributed by atoms with E-state index in [1.54, 1.807) is 6.08 Å². The van der Waals surface area contributed by atoms with Gasteiger partial charge in [-0.15, -0.1) is 0 Å². The highest BCUT2D eigenvalue weighted by atomic mass is 16.7. The second-order valence-electron chi connectivity index (χ2n) is 17.6. The van der Waals surface area contributed by atoms with Crippen molar-refractivity contribution in [1.82, 2.24) is 5.32 Å². The number of aliphatic hydroxyl groups excluding tert-OH is 5. The molecule has 6 N–H and O–H groups in total. The number of hydrogen-bond donors (Lipinski definition) is 6. The van der Waals surface area contributed by atoms with E-state index in [9.17, 15) is 30.3 Å². The van der Waals surface area contributed by atoms with Crippen molar-refractivity contribution >= 4 is 5.91 Å². The van der Waals surface area contributed by atoms with E-state index in [0.29, 0.717) is 6.42 Å². The normalized spacial score (nSPS) is 20.8. The van der Waals surface area contributed by atoms with E-state index in [2.05, 4.69) is 43.5 Å². The molecule has 1 aliphatic rings. The maximum Gasteiger partial charge on any atom is 0.220 e. The molecule has 9 heteroatoms. The topological polar surface area (TPSA) is 149 Å². The molecule has 1 fully saturated rings. The fourth-order valence-corrected chi connectivity index (χ4v) is 7.89. The first kappa shape index (κ1) is 56.4. The maximum absolute atomic E-state index is 12.8. The third-order valence-corrected chi connectivity index (χ3v) is 11.9. The molecule has 1 aliphatic heterocycles. The van der Waals surface area contributed by atoms with Gasteiger partial charge in [0.1, 0.15) is 24.4 Å². The van der Waals surface area contributed by atoms with Crippen LogP contribution >= 0.6 is 0 Å². The van der Waals surface area contributed by atoms with Gasteiger partial charge < -0.3 is 40.3 Å². The predicted molar refractivity (Wildman–Crippen MR) is 249 cm³/mol. The Kier molecular flexibility index (Phi) is 39.0. The van der Waals surface area contributed by atoms with Gasteiger partial charge in [-0.3, -0.25) is 4.79 Å². The SMILES string of the molecule is CCCCCCCCCCCCCCCCCCCCCC/C=C/CC/C=C/CC/C=C/C(O)C(COC1OC(CO)C(O)C(O)C1O)NC(=O)CCCCCCCCC. The molecule has 0 radical (unpaired) electrons. The van der Waals surface area contributed by atoms with E-state index >= 15 is 0 Å². The molecule has 1 saturated heterocycles. The fourth-order valence-electron chi connectivity index (χ4n) is 7.89. The van der Waals surface area contributed by atoms with Gasteiger partial charge in [0.05, 0.1) is 25.4 Å². The van der Waals surface area contributed by atoms with Crippen LogP contribution < -0.4 is 5.32 Å². The molecular weight excluding hydrogens is 755 g/mol. The van der Waals surface area contributed by atoms with Gasteiger partial charge in [0, 0.05) is 6.42 Å². The Morgan fingerprint density at radius 3 is 1.40 bits per heavy atom. The molecule has 1 rings (SSSR count). The lowest BCUT2D eigenvalue weighted by Gasteiger charge is -2.40. The van der Waals surface area contributed by atoms with Crippen LogP contribution in [-0.2, 0) is 14.3 Å². The highest BCUT2D eigenvalue weighted by molar-refractivity contribution is 5.76. The number of aliphatic hydroxyl groups is 5. The molecule has 9 nitrogen and oxygen atoms in total. The predicted octanol–water partition coefficient (Wildman–Crippen LogP) is 11.2. The molecule has 7 unspecified atom stereocenters. The Bertz CT molecular complexity index is 1030. The standard InChI is InChI=1S/C51H95NO8/c1-3-5-7-9-11-12-13-14-15-16-17-18-19-20-21-22-23-24-25-26-27-28-29-30-31-32-33-35-36-38-40-45(54)44(52-47(55)41-39-37-34-10-8-6-4-2)43-59-51-50(58)49(57)48(56)46(42-53)60-51/h28-29,32-33,38,40,44-46,48-51,53-54,56-58H,3-27,30-31,34-37,39,41-43H2,1-2H3,(H,52,55)/b29-28+,33-32+,40-38+. The van der Waals surface area contributed by atoms with Crippen LogP contribution in [0.3, 0.4) is 0 Å². The number of amides is 1. The maximum atomic E-state index is 12.8. The third kappa shape index (κ3) is 31.3. The van der Waals surface area contributed by atoms with Crippen LogP contribution in [0.25, 0.3) is 0 Å². The van der Waals surface area contributed by atoms with Crippen LogP contribution in [0.1, 0.15) is 226 Å². The van der Waals surface area contributed by atoms with Crippen LogP contribution in [0.4, 0.5) is 0 Å². The smallest absolute Gasteiger partial charge is 0.220 e. The van der Waals surface area contributed by atoms with Gasteiger partial charge in [0.25, 0.3) is 0 Å². The molecule has 0 aliphatic carbocycles. The monoisotopic (exact) mass is 850 g/mol. The van der Waals surface area contributed by atoms with Crippen LogP contribution in [0.15, 0.2) is 36.5 Å². The number of unbranched alkanes of at least 4 members (excludes halogenated alkanes) is 28. The van der Waals surface area contributed by atoms with Crippen LogP contribution in [-0.4, -0.2) is 87.5 Å². The second-order valence-corrected chi connectivity index (χ2v) is 17.6. The van der Waals surface area contributed by atoms with Crippen LogP contribution in [0, 0.1) is 0 Å². The van der Waals surface area contributed by atoms with Gasteiger partial charge in [0.15, 0.2) is 6.29 Å². The number of rotatable bonds is 42. The van der Waals surface area contributed by atoms with Gasteiger partial charge >= 0.3 is 0 Å².